The van der Waals surface area contributed by atoms with Crippen LogP contribution in [0.1, 0.15) is 49.3 Å². The van der Waals surface area contributed by atoms with E-state index in [2.05, 4.69) is 17.2 Å². The van der Waals surface area contributed by atoms with Gasteiger partial charge in [-0.1, -0.05) is 42.8 Å². The fraction of sp³-hybridized carbons (Fsp3) is 0.360. The molecule has 5 heteroatoms. The number of amides is 1. The van der Waals surface area contributed by atoms with E-state index in [0.29, 0.717) is 23.5 Å². The molecule has 1 aromatic carbocycles. The number of nitrogens with zero attached hydrogens (tertiary/aromatic N) is 2. The highest BCUT2D eigenvalue weighted by molar-refractivity contribution is 6.14. The van der Waals surface area contributed by atoms with Gasteiger partial charge in [-0.3, -0.25) is 14.6 Å². The van der Waals surface area contributed by atoms with Crippen molar-refractivity contribution in [3.8, 4) is 0 Å². The van der Waals surface area contributed by atoms with Gasteiger partial charge in [0.15, 0.2) is 0 Å². The first kappa shape index (κ1) is 20.2. The van der Waals surface area contributed by atoms with Crippen molar-refractivity contribution in [3.63, 3.8) is 0 Å². The van der Waals surface area contributed by atoms with Gasteiger partial charge in [-0.05, 0) is 50.3 Å². The number of hydrogen-bond donors (Lipinski definition) is 1. The highest BCUT2D eigenvalue weighted by atomic mass is 16.2. The van der Waals surface area contributed by atoms with E-state index in [-0.39, 0.29) is 29.4 Å². The van der Waals surface area contributed by atoms with Crippen LogP contribution in [0.2, 0.25) is 0 Å². The molecule has 1 saturated carbocycles. The topological polar surface area (TPSA) is 71.4 Å². The Morgan fingerprint density at radius 2 is 1.67 bits per heavy atom. The molecule has 30 heavy (non-hydrogen) atoms. The molecule has 1 aliphatic carbocycles. The zero-order chi connectivity index (χ0) is 21.4. The Labute approximate surface area is 177 Å². The van der Waals surface area contributed by atoms with E-state index < -0.39 is 0 Å². The smallest absolute Gasteiger partial charge is 0.255 e. The molecule has 5 nitrogen and oxygen atoms in total. The first-order chi connectivity index (χ1) is 14.3. The van der Waals surface area contributed by atoms with E-state index in [1.54, 1.807) is 12.3 Å². The van der Waals surface area contributed by atoms with Crippen LogP contribution in [-0.4, -0.2) is 22.4 Å². The molecule has 1 amide bonds. The van der Waals surface area contributed by atoms with Gasteiger partial charge in [0.2, 0.25) is 0 Å². The lowest BCUT2D eigenvalue weighted by Crippen LogP contribution is -2.41. The van der Waals surface area contributed by atoms with E-state index in [1.807, 2.05) is 51.1 Å². The predicted octanol–water partition coefficient (Wildman–Crippen LogP) is 4.76. The van der Waals surface area contributed by atoms with Crippen molar-refractivity contribution in [1.82, 2.24) is 4.98 Å². The summed E-state index contributed by atoms with van der Waals surface area (Å²) in [6, 6.07) is 11.8. The van der Waals surface area contributed by atoms with Crippen LogP contribution in [0.15, 0.2) is 58.9 Å². The van der Waals surface area contributed by atoms with Crippen LogP contribution in [0.5, 0.6) is 0 Å². The van der Waals surface area contributed by atoms with Crippen LogP contribution < -0.4 is 5.32 Å². The number of benzene rings is 1. The van der Waals surface area contributed by atoms with Gasteiger partial charge < -0.3 is 5.32 Å². The highest BCUT2D eigenvalue weighted by Gasteiger charge is 2.44. The van der Waals surface area contributed by atoms with Crippen molar-refractivity contribution in [2.75, 3.05) is 5.32 Å². The van der Waals surface area contributed by atoms with E-state index in [0.717, 1.165) is 28.8 Å². The van der Waals surface area contributed by atoms with Crippen LogP contribution in [0, 0.1) is 25.7 Å². The lowest BCUT2D eigenvalue weighted by Gasteiger charge is -2.37. The van der Waals surface area contributed by atoms with Gasteiger partial charge in [-0.2, -0.15) is 0 Å². The van der Waals surface area contributed by atoms with Crippen molar-refractivity contribution in [1.29, 1.82) is 0 Å². The summed E-state index contributed by atoms with van der Waals surface area (Å²) < 4.78 is 0. The number of fused-ring (bicyclic) bond motifs is 1. The molecule has 3 atom stereocenters. The summed E-state index contributed by atoms with van der Waals surface area (Å²) >= 11 is 0. The number of allylic oxidation sites excluding steroid dienone is 1. The minimum absolute atomic E-state index is 0.171. The molecule has 0 saturated heterocycles. The number of rotatable bonds is 3. The quantitative estimate of drug-likeness (QED) is 0.806. The first-order valence-corrected chi connectivity index (χ1v) is 10.4. The van der Waals surface area contributed by atoms with Gasteiger partial charge in [0.1, 0.15) is 11.6 Å². The fourth-order valence-electron chi connectivity index (χ4n) is 4.54. The lowest BCUT2D eigenvalue weighted by molar-refractivity contribution is -0.123. The number of pyridine rings is 1. The SMILES string of the molecule is CC1=C(C(=O)Nc2ccc(C)cn2)[C@@H](c2ccc(C)cc2)C2C(=O)C[C@H](C)CC2=N1. The number of aromatic nitrogens is 1. The molecule has 2 aliphatic rings. The van der Waals surface area contributed by atoms with Crippen molar-refractivity contribution >= 4 is 23.2 Å². The number of Topliss-reactive ketones (excluding diaryl/α,β-unsaturated/α-hetero) is 1. The number of carbonyl (C=O) groups is 2. The summed E-state index contributed by atoms with van der Waals surface area (Å²) in [5.41, 5.74) is 5.28. The van der Waals surface area contributed by atoms with Crippen molar-refractivity contribution < 1.29 is 9.59 Å². The molecule has 0 spiro atoms. The van der Waals surface area contributed by atoms with E-state index >= 15 is 0 Å². The van der Waals surface area contributed by atoms with Crippen LogP contribution in [0.25, 0.3) is 0 Å². The third-order valence-electron chi connectivity index (χ3n) is 5.99. The molecule has 0 bridgehead atoms. The summed E-state index contributed by atoms with van der Waals surface area (Å²) in [5, 5.41) is 2.91. The summed E-state index contributed by atoms with van der Waals surface area (Å²) in [7, 11) is 0. The molecule has 2 heterocycles. The lowest BCUT2D eigenvalue weighted by atomic mass is 9.67. The number of nitrogens with one attached hydrogen (secondary N) is 1. The Kier molecular flexibility index (Phi) is 5.37. The highest BCUT2D eigenvalue weighted by Crippen LogP contribution is 2.44. The Morgan fingerprint density at radius 1 is 0.967 bits per heavy atom. The van der Waals surface area contributed by atoms with Crippen molar-refractivity contribution in [3.05, 3.63) is 70.6 Å². The number of aryl methyl sites for hydroxylation is 2. The number of anilines is 1. The first-order valence-electron chi connectivity index (χ1n) is 10.4. The number of carbonyl (C=O) groups excluding carboxylic acids is 2. The van der Waals surface area contributed by atoms with Gasteiger partial charge >= 0.3 is 0 Å². The maximum Gasteiger partial charge on any atom is 0.255 e. The largest absolute Gasteiger partial charge is 0.307 e. The summed E-state index contributed by atoms with van der Waals surface area (Å²) in [4.78, 5) is 35.5. The van der Waals surface area contributed by atoms with E-state index in [4.69, 9.17) is 4.99 Å². The third kappa shape index (κ3) is 3.84. The minimum atomic E-state index is -0.376. The molecule has 2 aromatic rings. The van der Waals surface area contributed by atoms with Gasteiger partial charge in [0.25, 0.3) is 5.91 Å². The van der Waals surface area contributed by atoms with Gasteiger partial charge in [-0.15, -0.1) is 0 Å². The fourth-order valence-corrected chi connectivity index (χ4v) is 4.54. The number of ketones is 1. The predicted molar refractivity (Wildman–Crippen MR) is 119 cm³/mol. The maximum absolute atomic E-state index is 13.4. The third-order valence-corrected chi connectivity index (χ3v) is 5.99. The number of aliphatic imine (C=N–C) groups is 1. The number of hydrogen-bond acceptors (Lipinski definition) is 4. The van der Waals surface area contributed by atoms with Crippen LogP contribution in [0.4, 0.5) is 5.82 Å². The van der Waals surface area contributed by atoms with Gasteiger partial charge in [0, 0.05) is 35.5 Å². The molecule has 1 aromatic heterocycles. The Hall–Kier alpha value is -3.08. The van der Waals surface area contributed by atoms with E-state index in [1.165, 1.54) is 0 Å². The second-order valence-corrected chi connectivity index (χ2v) is 8.62. The molecular weight excluding hydrogens is 374 g/mol. The zero-order valence-electron chi connectivity index (χ0n) is 17.9. The zero-order valence-corrected chi connectivity index (χ0v) is 17.9. The van der Waals surface area contributed by atoms with Gasteiger partial charge in [0.05, 0.1) is 5.92 Å². The normalized spacial score (nSPS) is 23.7. The molecule has 154 valence electrons. The molecule has 1 N–H and O–H groups in total. The summed E-state index contributed by atoms with van der Waals surface area (Å²) in [6.45, 7) is 7.93. The van der Waals surface area contributed by atoms with Crippen molar-refractivity contribution in [2.45, 2.75) is 46.5 Å². The van der Waals surface area contributed by atoms with Crippen LogP contribution in [-0.2, 0) is 9.59 Å². The molecule has 1 fully saturated rings. The summed E-state index contributed by atoms with van der Waals surface area (Å²) in [5.74, 6) is -0.00565. The molecule has 4 rings (SSSR count). The van der Waals surface area contributed by atoms with Gasteiger partial charge in [-0.25, -0.2) is 4.98 Å². The van der Waals surface area contributed by atoms with Crippen LogP contribution >= 0.6 is 0 Å². The molecule has 1 unspecified atom stereocenters. The minimum Gasteiger partial charge on any atom is -0.307 e. The maximum atomic E-state index is 13.4. The standard InChI is InChI=1S/C25H27N3O2/c1-14-5-8-18(9-6-14)23-22(25(30)28-21-10-7-15(2)13-26-21)17(4)27-19-11-16(3)12-20(29)24(19)23/h5-10,13,16,23-24H,11-12H2,1-4H3,(H,26,28,30)/t16-,23-,24?/m1/s1. The average Bonchev–Trinajstić information content (AvgIpc) is 2.69. The molecular formula is C25H27N3O2. The molecule has 1 aliphatic heterocycles. The Balaban J connectivity index is 1.78. The second kappa shape index (κ2) is 7.98. The monoisotopic (exact) mass is 401 g/mol. The van der Waals surface area contributed by atoms with Crippen molar-refractivity contribution in [2.24, 2.45) is 16.8 Å². The second-order valence-electron chi connectivity index (χ2n) is 8.62. The average molecular weight is 402 g/mol. The Bertz CT molecular complexity index is 1050. The van der Waals surface area contributed by atoms with E-state index in [9.17, 15) is 9.59 Å². The molecule has 0 radical (unpaired) electrons. The Morgan fingerprint density at radius 3 is 2.33 bits per heavy atom. The summed E-state index contributed by atoms with van der Waals surface area (Å²) in [6.07, 6.45) is 3.04. The van der Waals surface area contributed by atoms with Crippen LogP contribution in [0.3, 0.4) is 0 Å².